The van der Waals surface area contributed by atoms with E-state index >= 15 is 0 Å². The molecule has 1 aromatic carbocycles. The Kier molecular flexibility index (Phi) is 4.71. The van der Waals surface area contributed by atoms with E-state index in [0.29, 0.717) is 30.5 Å². The number of hydrogen-bond donors (Lipinski definition) is 1. The molecule has 2 spiro atoms. The molecule has 1 N–H and O–H groups in total. The first-order valence-corrected chi connectivity index (χ1v) is 12.5. The molecular formula is C22H26N2O7S. The number of amides is 1. The van der Waals surface area contributed by atoms with E-state index in [-0.39, 0.29) is 18.6 Å². The molecule has 9 nitrogen and oxygen atoms in total. The second-order valence-electron chi connectivity index (χ2n) is 8.97. The molecule has 32 heavy (non-hydrogen) atoms. The van der Waals surface area contributed by atoms with Gasteiger partial charge in [0.2, 0.25) is 0 Å². The van der Waals surface area contributed by atoms with E-state index < -0.39 is 39.2 Å². The molecule has 3 aliphatic heterocycles. The van der Waals surface area contributed by atoms with E-state index in [0.717, 1.165) is 12.8 Å². The van der Waals surface area contributed by atoms with Gasteiger partial charge < -0.3 is 14.8 Å². The number of nitrogens with one attached hydrogen (secondary N) is 1. The minimum absolute atomic E-state index is 0.100. The third kappa shape index (κ3) is 2.79. The molecule has 2 fully saturated rings. The van der Waals surface area contributed by atoms with Gasteiger partial charge in [0, 0.05) is 24.1 Å². The number of carbonyl (C=O) groups is 2. The molecule has 4 aliphatic rings. The summed E-state index contributed by atoms with van der Waals surface area (Å²) >= 11 is 0. The lowest BCUT2D eigenvalue weighted by Gasteiger charge is -2.51. The van der Waals surface area contributed by atoms with E-state index in [1.54, 1.807) is 4.90 Å². The molecule has 1 aliphatic carbocycles. The molecule has 1 saturated heterocycles. The van der Waals surface area contributed by atoms with Gasteiger partial charge in [-0.3, -0.25) is 13.9 Å². The lowest BCUT2D eigenvalue weighted by molar-refractivity contribution is -0.153. The van der Waals surface area contributed by atoms with Gasteiger partial charge in [0.15, 0.2) is 5.60 Å². The van der Waals surface area contributed by atoms with Crippen LogP contribution >= 0.6 is 0 Å². The maximum Gasteiger partial charge on any atom is 0.414 e. The lowest BCUT2D eigenvalue weighted by Crippen LogP contribution is -2.66. The number of ether oxygens (including phenoxy) is 2. The fraction of sp³-hybridized carbons (Fsp3) is 0.545. The molecule has 10 heteroatoms. The molecule has 1 amide bonds. The summed E-state index contributed by atoms with van der Waals surface area (Å²) in [7, 11) is -2.38. The number of methoxy groups -OCH3 is 1. The maximum absolute atomic E-state index is 13.4. The number of hydrogen-bond acceptors (Lipinski definition) is 8. The Balaban J connectivity index is 1.67. The number of para-hydroxylation sites is 1. The number of carbonyl (C=O) groups excluding carboxylic acids is 2. The molecule has 5 rings (SSSR count). The highest BCUT2D eigenvalue weighted by atomic mass is 32.2. The number of nitrogens with zero attached hydrogens (tertiary/aromatic N) is 1. The number of fused-ring (bicyclic) bond motifs is 2. The SMILES string of the molecule is COC(=O)N1c2ccccc2[C@@]2(CCOS(C)(=O)=O)OC(=O)[C@@H]3C[C@@]4(C=CCN4)CC[C@]312. The van der Waals surface area contributed by atoms with Gasteiger partial charge in [-0.25, -0.2) is 4.79 Å². The van der Waals surface area contributed by atoms with Crippen LogP contribution in [0.4, 0.5) is 10.5 Å². The minimum atomic E-state index is -3.69. The first-order valence-electron chi connectivity index (χ1n) is 10.7. The second kappa shape index (κ2) is 7.03. The second-order valence-corrected chi connectivity index (χ2v) is 10.6. The van der Waals surface area contributed by atoms with Crippen molar-refractivity contribution in [2.75, 3.05) is 31.4 Å². The molecule has 0 unspecified atom stereocenters. The third-order valence-electron chi connectivity index (χ3n) is 7.45. The fourth-order valence-electron chi connectivity index (χ4n) is 6.29. The van der Waals surface area contributed by atoms with Crippen molar-refractivity contribution in [2.45, 2.75) is 42.4 Å². The molecular weight excluding hydrogens is 436 g/mol. The topological polar surface area (TPSA) is 111 Å². The lowest BCUT2D eigenvalue weighted by atomic mass is 9.60. The Hall–Kier alpha value is -2.43. The highest BCUT2D eigenvalue weighted by Gasteiger charge is 2.77. The summed E-state index contributed by atoms with van der Waals surface area (Å²) in [5, 5.41) is 3.48. The van der Waals surface area contributed by atoms with Gasteiger partial charge in [-0.2, -0.15) is 8.42 Å². The summed E-state index contributed by atoms with van der Waals surface area (Å²) in [5.41, 5.74) is -1.31. The van der Waals surface area contributed by atoms with Gasteiger partial charge in [0.05, 0.1) is 31.6 Å². The number of anilines is 1. The molecule has 1 saturated carbocycles. The van der Waals surface area contributed by atoms with Crippen LogP contribution in [0.2, 0.25) is 0 Å². The molecule has 0 aromatic heterocycles. The van der Waals surface area contributed by atoms with Crippen LogP contribution in [0.25, 0.3) is 0 Å². The van der Waals surface area contributed by atoms with Crippen LogP contribution in [0, 0.1) is 5.92 Å². The molecule has 4 atom stereocenters. The van der Waals surface area contributed by atoms with Crippen molar-refractivity contribution in [3.63, 3.8) is 0 Å². The highest BCUT2D eigenvalue weighted by Crippen LogP contribution is 2.66. The van der Waals surface area contributed by atoms with E-state index in [9.17, 15) is 18.0 Å². The quantitative estimate of drug-likeness (QED) is 0.410. The van der Waals surface area contributed by atoms with Crippen molar-refractivity contribution >= 4 is 27.9 Å². The van der Waals surface area contributed by atoms with Crippen molar-refractivity contribution in [1.29, 1.82) is 0 Å². The first kappa shape index (κ1) is 21.4. The summed E-state index contributed by atoms with van der Waals surface area (Å²) in [5.74, 6) is -1.01. The molecule has 0 radical (unpaired) electrons. The standard InChI is InChI=1S/C22H26N2O7S/c1-29-19(26)24-17-7-4-3-6-15(17)22(11-13-30-32(2,27)28)21(24)10-9-20(8-5-12-23-20)14-16(21)18(25)31-22/h3-8,16,23H,9-14H2,1-2H3/t16-,20+,21+,22+/m0/s1. The van der Waals surface area contributed by atoms with Gasteiger partial charge in [0.25, 0.3) is 10.1 Å². The van der Waals surface area contributed by atoms with Gasteiger partial charge in [-0.15, -0.1) is 0 Å². The van der Waals surface area contributed by atoms with E-state index in [2.05, 4.69) is 11.4 Å². The van der Waals surface area contributed by atoms with Crippen LogP contribution in [-0.4, -0.2) is 58.1 Å². The Morgan fingerprint density at radius 3 is 2.78 bits per heavy atom. The maximum atomic E-state index is 13.4. The first-order chi connectivity index (χ1) is 15.2. The van der Waals surface area contributed by atoms with E-state index in [4.69, 9.17) is 13.7 Å². The van der Waals surface area contributed by atoms with Gasteiger partial charge >= 0.3 is 12.1 Å². The predicted molar refractivity (Wildman–Crippen MR) is 114 cm³/mol. The summed E-state index contributed by atoms with van der Waals surface area (Å²) in [6.07, 6.45) is 6.29. The largest absolute Gasteiger partial charge is 0.452 e. The van der Waals surface area contributed by atoms with Crippen molar-refractivity contribution in [1.82, 2.24) is 5.32 Å². The van der Waals surface area contributed by atoms with Crippen molar-refractivity contribution in [3.05, 3.63) is 42.0 Å². The highest BCUT2D eigenvalue weighted by molar-refractivity contribution is 7.85. The zero-order chi connectivity index (χ0) is 22.8. The molecule has 0 bridgehead atoms. The van der Waals surface area contributed by atoms with Gasteiger partial charge in [0.1, 0.15) is 5.54 Å². The van der Waals surface area contributed by atoms with Crippen LogP contribution in [0.15, 0.2) is 36.4 Å². The van der Waals surface area contributed by atoms with E-state index in [1.165, 1.54) is 7.11 Å². The minimum Gasteiger partial charge on any atom is -0.452 e. The Morgan fingerprint density at radius 1 is 1.31 bits per heavy atom. The summed E-state index contributed by atoms with van der Waals surface area (Å²) in [6.45, 7) is 0.552. The van der Waals surface area contributed by atoms with Crippen LogP contribution in [-0.2, 0) is 34.2 Å². The number of rotatable bonds is 4. The van der Waals surface area contributed by atoms with Crippen LogP contribution in [0.1, 0.15) is 31.2 Å². The zero-order valence-electron chi connectivity index (χ0n) is 18.0. The van der Waals surface area contributed by atoms with Crippen LogP contribution in [0.5, 0.6) is 0 Å². The van der Waals surface area contributed by atoms with Crippen LogP contribution < -0.4 is 10.2 Å². The third-order valence-corrected chi connectivity index (χ3v) is 8.05. The van der Waals surface area contributed by atoms with Crippen molar-refractivity contribution in [3.8, 4) is 0 Å². The predicted octanol–water partition coefficient (Wildman–Crippen LogP) is 1.83. The van der Waals surface area contributed by atoms with Crippen LogP contribution in [0.3, 0.4) is 0 Å². The van der Waals surface area contributed by atoms with E-state index in [1.807, 2.05) is 30.3 Å². The molecule has 3 heterocycles. The summed E-state index contributed by atoms with van der Waals surface area (Å²) in [6, 6.07) is 7.27. The normalized spacial score (nSPS) is 34.9. The number of esters is 1. The Labute approximate surface area is 186 Å². The average molecular weight is 463 g/mol. The number of benzene rings is 1. The summed E-state index contributed by atoms with van der Waals surface area (Å²) in [4.78, 5) is 28.1. The Morgan fingerprint density at radius 2 is 2.09 bits per heavy atom. The zero-order valence-corrected chi connectivity index (χ0v) is 18.8. The van der Waals surface area contributed by atoms with Crippen molar-refractivity contribution < 1.29 is 31.7 Å². The average Bonchev–Trinajstić information content (AvgIpc) is 3.36. The Bertz CT molecular complexity index is 1120. The smallest absolute Gasteiger partial charge is 0.414 e. The van der Waals surface area contributed by atoms with Crippen molar-refractivity contribution in [2.24, 2.45) is 5.92 Å². The van der Waals surface area contributed by atoms with Gasteiger partial charge in [-0.05, 0) is 25.3 Å². The monoisotopic (exact) mass is 462 g/mol. The fourth-order valence-corrected chi connectivity index (χ4v) is 6.67. The van der Waals surface area contributed by atoms with Gasteiger partial charge in [-0.1, -0.05) is 30.4 Å². The molecule has 1 aromatic rings. The summed E-state index contributed by atoms with van der Waals surface area (Å²) < 4.78 is 39.7. The molecule has 172 valence electrons.